The summed E-state index contributed by atoms with van der Waals surface area (Å²) in [6.45, 7) is 0. The Balaban J connectivity index is 1.94. The molecular weight excluding hydrogens is 293 g/mol. The number of ether oxygens (including phenoxy) is 2. The van der Waals surface area contributed by atoms with E-state index in [2.05, 4.69) is 4.74 Å². The Morgan fingerprint density at radius 2 is 1.82 bits per heavy atom. The molecule has 5 heteroatoms. The molecule has 0 bridgehead atoms. The van der Waals surface area contributed by atoms with Crippen molar-refractivity contribution in [3.63, 3.8) is 0 Å². The van der Waals surface area contributed by atoms with Crippen LogP contribution in [0.25, 0.3) is 11.6 Å². The van der Waals surface area contributed by atoms with Crippen molar-refractivity contribution in [2.24, 2.45) is 0 Å². The Hall–Kier alpha value is -2.43. The summed E-state index contributed by atoms with van der Waals surface area (Å²) in [5.41, 5.74) is 3.26. The molecule has 2 aromatic carbocycles. The minimum absolute atomic E-state index is 0.180. The summed E-state index contributed by atoms with van der Waals surface area (Å²) in [6.07, 6.45) is -2.27. The molecule has 1 aliphatic rings. The van der Waals surface area contributed by atoms with Crippen LogP contribution >= 0.6 is 0 Å². The lowest BCUT2D eigenvalue weighted by Crippen LogP contribution is -2.18. The highest BCUT2D eigenvalue weighted by Gasteiger charge is 2.32. The Kier molecular flexibility index (Phi) is 3.56. The molecule has 0 fully saturated rings. The second-order valence-electron chi connectivity index (χ2n) is 4.96. The fraction of sp³-hybridized carbons (Fsp3) is 0.176. The summed E-state index contributed by atoms with van der Waals surface area (Å²) in [5, 5.41) is 0. The molecule has 0 atom stereocenters. The number of rotatable bonds is 3. The highest BCUT2D eigenvalue weighted by molar-refractivity contribution is 5.90. The van der Waals surface area contributed by atoms with E-state index in [1.165, 1.54) is 12.1 Å². The van der Waals surface area contributed by atoms with Crippen LogP contribution in [0.4, 0.5) is 13.2 Å². The molecule has 0 N–H and O–H groups in total. The average molecular weight is 306 g/mol. The van der Waals surface area contributed by atoms with Gasteiger partial charge in [-0.25, -0.2) is 0 Å². The number of methoxy groups -OCH3 is 1. The molecule has 0 aliphatic heterocycles. The van der Waals surface area contributed by atoms with Gasteiger partial charge in [-0.15, -0.1) is 13.2 Å². The highest BCUT2D eigenvalue weighted by atomic mass is 19.4. The number of allylic oxidation sites excluding steroid dienone is 1. The SMILES string of the molecule is COc1ccc2c(c1)CC(c1ccccc1OC(F)(F)F)=C2. The number of benzene rings is 2. The van der Waals surface area contributed by atoms with E-state index in [-0.39, 0.29) is 5.75 Å². The minimum Gasteiger partial charge on any atom is -0.497 e. The maximum absolute atomic E-state index is 12.5. The molecule has 3 rings (SSSR count). The summed E-state index contributed by atoms with van der Waals surface area (Å²) in [4.78, 5) is 0. The lowest BCUT2D eigenvalue weighted by molar-refractivity contribution is -0.274. The quantitative estimate of drug-likeness (QED) is 0.819. The zero-order chi connectivity index (χ0) is 15.7. The maximum atomic E-state index is 12.5. The van der Waals surface area contributed by atoms with Crippen LogP contribution in [0.2, 0.25) is 0 Å². The van der Waals surface area contributed by atoms with Crippen LogP contribution in [0.15, 0.2) is 42.5 Å². The lowest BCUT2D eigenvalue weighted by Gasteiger charge is -2.13. The van der Waals surface area contributed by atoms with Gasteiger partial charge >= 0.3 is 6.36 Å². The van der Waals surface area contributed by atoms with Crippen molar-refractivity contribution in [1.82, 2.24) is 0 Å². The number of para-hydroxylation sites is 1. The van der Waals surface area contributed by atoms with Crippen molar-refractivity contribution in [1.29, 1.82) is 0 Å². The van der Waals surface area contributed by atoms with Gasteiger partial charge in [0.1, 0.15) is 11.5 Å². The molecule has 0 saturated carbocycles. The van der Waals surface area contributed by atoms with Crippen molar-refractivity contribution in [2.75, 3.05) is 7.11 Å². The number of hydrogen-bond donors (Lipinski definition) is 0. The molecule has 2 nitrogen and oxygen atoms in total. The van der Waals surface area contributed by atoms with E-state index in [4.69, 9.17) is 4.74 Å². The van der Waals surface area contributed by atoms with Gasteiger partial charge in [-0.1, -0.05) is 30.3 Å². The summed E-state index contributed by atoms with van der Waals surface area (Å²) >= 11 is 0. The molecule has 114 valence electrons. The summed E-state index contributed by atoms with van der Waals surface area (Å²) < 4.78 is 46.8. The molecule has 0 saturated heterocycles. The molecule has 22 heavy (non-hydrogen) atoms. The molecule has 0 aromatic heterocycles. The Morgan fingerprint density at radius 1 is 1.05 bits per heavy atom. The summed E-state index contributed by atoms with van der Waals surface area (Å²) in [7, 11) is 1.58. The van der Waals surface area contributed by atoms with Gasteiger partial charge in [-0.2, -0.15) is 0 Å². The Morgan fingerprint density at radius 3 is 2.55 bits per heavy atom. The van der Waals surface area contributed by atoms with Crippen molar-refractivity contribution < 1.29 is 22.6 Å². The van der Waals surface area contributed by atoms with Crippen LogP contribution in [0.5, 0.6) is 11.5 Å². The van der Waals surface area contributed by atoms with E-state index in [0.29, 0.717) is 12.0 Å². The Bertz CT molecular complexity index is 733. The van der Waals surface area contributed by atoms with Crippen LogP contribution in [-0.4, -0.2) is 13.5 Å². The number of halogens is 3. The van der Waals surface area contributed by atoms with Crippen LogP contribution in [0.1, 0.15) is 16.7 Å². The minimum atomic E-state index is -4.70. The van der Waals surface area contributed by atoms with Crippen LogP contribution < -0.4 is 9.47 Å². The number of alkyl halides is 3. The highest BCUT2D eigenvalue weighted by Crippen LogP contribution is 2.38. The van der Waals surface area contributed by atoms with Gasteiger partial charge in [-0.05, 0) is 41.3 Å². The van der Waals surface area contributed by atoms with Crippen molar-refractivity contribution in [3.8, 4) is 11.5 Å². The largest absolute Gasteiger partial charge is 0.573 e. The average Bonchev–Trinajstić information content (AvgIpc) is 2.88. The van der Waals surface area contributed by atoms with E-state index in [9.17, 15) is 13.2 Å². The van der Waals surface area contributed by atoms with E-state index < -0.39 is 6.36 Å². The monoisotopic (exact) mass is 306 g/mol. The van der Waals surface area contributed by atoms with Crippen molar-refractivity contribution >= 4 is 11.6 Å². The summed E-state index contributed by atoms with van der Waals surface area (Å²) in [5.74, 6) is 0.550. The molecule has 0 unspecified atom stereocenters. The van der Waals surface area contributed by atoms with E-state index in [1.807, 2.05) is 24.3 Å². The van der Waals surface area contributed by atoms with Gasteiger partial charge in [0.2, 0.25) is 0 Å². The molecule has 2 aromatic rings. The number of hydrogen-bond acceptors (Lipinski definition) is 2. The smallest absolute Gasteiger partial charge is 0.497 e. The maximum Gasteiger partial charge on any atom is 0.573 e. The zero-order valence-electron chi connectivity index (χ0n) is 11.8. The third kappa shape index (κ3) is 2.93. The van der Waals surface area contributed by atoms with E-state index in [0.717, 1.165) is 22.4 Å². The second kappa shape index (κ2) is 5.40. The first-order chi connectivity index (χ1) is 10.5. The zero-order valence-corrected chi connectivity index (χ0v) is 11.8. The lowest BCUT2D eigenvalue weighted by atomic mass is 10.0. The fourth-order valence-electron chi connectivity index (χ4n) is 2.57. The van der Waals surface area contributed by atoms with Gasteiger partial charge in [0.05, 0.1) is 7.11 Å². The predicted molar refractivity (Wildman–Crippen MR) is 77.7 cm³/mol. The predicted octanol–water partition coefficient (Wildman–Crippen LogP) is 4.69. The number of fused-ring (bicyclic) bond motifs is 1. The van der Waals surface area contributed by atoms with Crippen LogP contribution in [0, 0.1) is 0 Å². The molecule has 0 amide bonds. The van der Waals surface area contributed by atoms with Gasteiger partial charge < -0.3 is 9.47 Å². The van der Waals surface area contributed by atoms with Gasteiger partial charge in [0, 0.05) is 5.56 Å². The van der Waals surface area contributed by atoms with Crippen molar-refractivity contribution in [3.05, 3.63) is 59.2 Å². The first kappa shape index (κ1) is 14.5. The third-order valence-electron chi connectivity index (χ3n) is 3.52. The first-order valence-electron chi connectivity index (χ1n) is 6.69. The third-order valence-corrected chi connectivity index (χ3v) is 3.52. The molecule has 0 heterocycles. The van der Waals surface area contributed by atoms with Crippen LogP contribution in [-0.2, 0) is 6.42 Å². The van der Waals surface area contributed by atoms with Crippen LogP contribution in [0.3, 0.4) is 0 Å². The molecule has 0 spiro atoms. The topological polar surface area (TPSA) is 18.5 Å². The van der Waals surface area contributed by atoms with Crippen molar-refractivity contribution in [2.45, 2.75) is 12.8 Å². The normalized spacial score (nSPS) is 13.5. The second-order valence-corrected chi connectivity index (χ2v) is 4.96. The van der Waals surface area contributed by atoms with Gasteiger partial charge in [-0.3, -0.25) is 0 Å². The van der Waals surface area contributed by atoms with Gasteiger partial charge in [0.15, 0.2) is 0 Å². The van der Waals surface area contributed by atoms with Gasteiger partial charge in [0.25, 0.3) is 0 Å². The standard InChI is InChI=1S/C17H13F3O2/c1-21-14-7-6-11-8-13(9-12(11)10-14)15-4-2-3-5-16(15)22-17(18,19)20/h2-8,10H,9H2,1H3. The summed E-state index contributed by atoms with van der Waals surface area (Å²) in [6, 6.07) is 11.8. The Labute approximate surface area is 125 Å². The van der Waals surface area contributed by atoms with E-state index in [1.54, 1.807) is 19.2 Å². The fourth-order valence-corrected chi connectivity index (χ4v) is 2.57. The molecular formula is C17H13F3O2. The molecule has 0 radical (unpaired) electrons. The van der Waals surface area contributed by atoms with E-state index >= 15 is 0 Å². The first-order valence-corrected chi connectivity index (χ1v) is 6.69. The molecule has 1 aliphatic carbocycles.